The van der Waals surface area contributed by atoms with Gasteiger partial charge < -0.3 is 5.32 Å². The highest BCUT2D eigenvalue weighted by Gasteiger charge is 2.19. The molecule has 5 heteroatoms. The average molecular weight is 323 g/mol. The highest BCUT2D eigenvalue weighted by atomic mass is 32.1. The Labute approximate surface area is 138 Å². The third-order valence-corrected chi connectivity index (χ3v) is 5.03. The number of hydrogen-bond donors (Lipinski definition) is 1. The van der Waals surface area contributed by atoms with Crippen molar-refractivity contribution in [2.75, 3.05) is 18.0 Å². The second kappa shape index (κ2) is 5.66. The molecule has 1 N–H and O–H groups in total. The van der Waals surface area contributed by atoms with Gasteiger partial charge in [0.05, 0.1) is 15.2 Å². The first-order chi connectivity index (χ1) is 11.2. The van der Waals surface area contributed by atoms with Crippen LogP contribution in [0.15, 0.2) is 42.5 Å². The van der Waals surface area contributed by atoms with Gasteiger partial charge in [0.15, 0.2) is 0 Å². The highest BCUT2D eigenvalue weighted by molar-refractivity contribution is 7.18. The fraction of sp³-hybridized carbons (Fsp3) is 0.222. The summed E-state index contributed by atoms with van der Waals surface area (Å²) in [5.41, 5.74) is 4.26. The molecule has 0 unspecified atom stereocenters. The van der Waals surface area contributed by atoms with Crippen molar-refractivity contribution in [1.29, 1.82) is 0 Å². The van der Waals surface area contributed by atoms with Gasteiger partial charge in [-0.05, 0) is 37.1 Å². The van der Waals surface area contributed by atoms with Crippen molar-refractivity contribution >= 4 is 33.3 Å². The largest absolute Gasteiger partial charge is 0.338 e. The first-order valence-corrected chi connectivity index (χ1v) is 8.56. The molecule has 0 atom stereocenters. The Balaban J connectivity index is 1.71. The molecule has 116 valence electrons. The highest BCUT2D eigenvalue weighted by Crippen LogP contribution is 2.32. The van der Waals surface area contributed by atoms with Crippen molar-refractivity contribution in [2.24, 2.45) is 0 Å². The van der Waals surface area contributed by atoms with E-state index in [2.05, 4.69) is 40.6 Å². The van der Waals surface area contributed by atoms with Crippen LogP contribution in [0.1, 0.15) is 11.4 Å². The summed E-state index contributed by atoms with van der Waals surface area (Å²) in [5, 5.41) is 3.96. The van der Waals surface area contributed by atoms with Gasteiger partial charge in [-0.15, -0.1) is 11.3 Å². The van der Waals surface area contributed by atoms with Crippen LogP contribution >= 0.6 is 11.3 Å². The van der Waals surface area contributed by atoms with E-state index in [1.165, 1.54) is 4.70 Å². The van der Waals surface area contributed by atoms with Crippen LogP contribution in [0.25, 0.3) is 21.3 Å². The van der Waals surface area contributed by atoms with E-state index < -0.39 is 0 Å². The quantitative estimate of drug-likeness (QED) is 0.768. The van der Waals surface area contributed by atoms with Crippen molar-refractivity contribution in [3.05, 3.63) is 47.5 Å². The lowest BCUT2D eigenvalue weighted by Crippen LogP contribution is -2.46. The second-order valence-electron chi connectivity index (χ2n) is 5.67. The van der Waals surface area contributed by atoms with E-state index in [9.17, 15) is 4.79 Å². The Morgan fingerprint density at radius 2 is 2.00 bits per heavy atom. The number of hydrogen-bond acceptors (Lipinski definition) is 3. The summed E-state index contributed by atoms with van der Waals surface area (Å²) in [4.78, 5) is 18.4. The van der Waals surface area contributed by atoms with E-state index in [-0.39, 0.29) is 6.03 Å². The monoisotopic (exact) mass is 323 g/mol. The van der Waals surface area contributed by atoms with E-state index in [1.54, 1.807) is 16.2 Å². The van der Waals surface area contributed by atoms with Crippen LogP contribution < -0.4 is 10.2 Å². The van der Waals surface area contributed by atoms with Gasteiger partial charge in [0.2, 0.25) is 0 Å². The zero-order valence-electron chi connectivity index (χ0n) is 12.9. The van der Waals surface area contributed by atoms with Crippen molar-refractivity contribution in [1.82, 2.24) is 10.3 Å². The second-order valence-corrected chi connectivity index (χ2v) is 6.90. The topological polar surface area (TPSA) is 45.2 Å². The minimum atomic E-state index is -0.0128. The number of anilines is 1. The lowest BCUT2D eigenvalue weighted by Gasteiger charge is -2.27. The van der Waals surface area contributed by atoms with Crippen LogP contribution in [0, 0.1) is 6.92 Å². The number of rotatable bonds is 2. The smallest absolute Gasteiger partial charge is 0.321 e. The zero-order chi connectivity index (χ0) is 15.8. The molecular weight excluding hydrogens is 306 g/mol. The lowest BCUT2D eigenvalue weighted by atomic mass is 10.0. The molecule has 2 amide bonds. The van der Waals surface area contributed by atoms with Gasteiger partial charge in [0.25, 0.3) is 0 Å². The number of carbonyl (C=O) groups is 1. The maximum absolute atomic E-state index is 11.9. The zero-order valence-corrected chi connectivity index (χ0v) is 13.7. The molecular formula is C18H17N3OS. The van der Waals surface area contributed by atoms with Gasteiger partial charge in [-0.25, -0.2) is 9.78 Å². The van der Waals surface area contributed by atoms with E-state index in [4.69, 9.17) is 0 Å². The summed E-state index contributed by atoms with van der Waals surface area (Å²) in [6.07, 6.45) is 0.977. The fourth-order valence-corrected chi connectivity index (χ4v) is 3.84. The molecule has 2 aromatic carbocycles. The molecule has 0 bridgehead atoms. The molecule has 1 aliphatic heterocycles. The summed E-state index contributed by atoms with van der Waals surface area (Å²) in [5.74, 6) is 0. The molecule has 0 radical (unpaired) electrons. The number of nitrogens with zero attached hydrogens (tertiary/aromatic N) is 2. The van der Waals surface area contributed by atoms with Crippen LogP contribution in [0.3, 0.4) is 0 Å². The standard InChI is InChI=1S/C18H17N3OS/c1-12-20-17-15(4-2-5-16(17)23-12)13-6-8-14(9-7-13)21-11-3-10-19-18(21)22/h2,4-9H,3,10-11H2,1H3,(H,19,22). The molecule has 4 nitrogen and oxygen atoms in total. The molecule has 1 aromatic heterocycles. The van der Waals surface area contributed by atoms with E-state index >= 15 is 0 Å². The van der Waals surface area contributed by atoms with Crippen molar-refractivity contribution < 1.29 is 4.79 Å². The molecule has 0 saturated carbocycles. The number of urea groups is 1. The first-order valence-electron chi connectivity index (χ1n) is 7.74. The number of benzene rings is 2. The number of fused-ring (bicyclic) bond motifs is 1. The minimum Gasteiger partial charge on any atom is -0.338 e. The number of aryl methyl sites for hydroxylation is 1. The Morgan fingerprint density at radius 1 is 1.17 bits per heavy atom. The number of para-hydroxylation sites is 1. The molecule has 0 spiro atoms. The number of thiazole rings is 1. The van der Waals surface area contributed by atoms with E-state index in [0.29, 0.717) is 0 Å². The van der Waals surface area contributed by atoms with Crippen LogP contribution in [0.4, 0.5) is 10.5 Å². The predicted octanol–water partition coefficient (Wildman–Crippen LogP) is 4.19. The lowest BCUT2D eigenvalue weighted by molar-refractivity contribution is 0.243. The van der Waals surface area contributed by atoms with Crippen LogP contribution in [-0.2, 0) is 0 Å². The van der Waals surface area contributed by atoms with E-state index in [1.807, 2.05) is 19.1 Å². The Hall–Kier alpha value is -2.40. The van der Waals surface area contributed by atoms with Crippen molar-refractivity contribution in [3.63, 3.8) is 0 Å². The molecule has 23 heavy (non-hydrogen) atoms. The SMILES string of the molecule is Cc1nc2c(-c3ccc(N4CCCNC4=O)cc3)cccc2s1. The van der Waals surface area contributed by atoms with Gasteiger partial charge >= 0.3 is 6.03 Å². The van der Waals surface area contributed by atoms with Gasteiger partial charge in [-0.2, -0.15) is 0 Å². The molecule has 1 fully saturated rings. The average Bonchev–Trinajstić information content (AvgIpc) is 2.96. The van der Waals surface area contributed by atoms with Crippen LogP contribution in [0.2, 0.25) is 0 Å². The van der Waals surface area contributed by atoms with Crippen molar-refractivity contribution in [2.45, 2.75) is 13.3 Å². The summed E-state index contributed by atoms with van der Waals surface area (Å²) in [6, 6.07) is 14.4. The third-order valence-electron chi connectivity index (χ3n) is 4.10. The van der Waals surface area contributed by atoms with Gasteiger partial charge in [-0.1, -0.05) is 24.3 Å². The Morgan fingerprint density at radius 3 is 2.78 bits per heavy atom. The Bertz CT molecular complexity index is 870. The predicted molar refractivity (Wildman–Crippen MR) is 95.2 cm³/mol. The summed E-state index contributed by atoms with van der Waals surface area (Å²) >= 11 is 1.71. The number of nitrogens with one attached hydrogen (secondary N) is 1. The fourth-order valence-electron chi connectivity index (χ4n) is 2.99. The van der Waals surface area contributed by atoms with Gasteiger partial charge in [0.1, 0.15) is 0 Å². The number of aromatic nitrogens is 1. The third kappa shape index (κ3) is 2.57. The van der Waals surface area contributed by atoms with Gasteiger partial charge in [-0.3, -0.25) is 4.90 Å². The molecule has 3 aromatic rings. The van der Waals surface area contributed by atoms with E-state index in [0.717, 1.165) is 46.8 Å². The maximum Gasteiger partial charge on any atom is 0.321 e. The maximum atomic E-state index is 11.9. The molecule has 2 heterocycles. The molecule has 4 rings (SSSR count). The molecule has 0 aliphatic carbocycles. The number of carbonyl (C=O) groups excluding carboxylic acids is 1. The van der Waals surface area contributed by atoms with Crippen LogP contribution in [-0.4, -0.2) is 24.1 Å². The van der Waals surface area contributed by atoms with Gasteiger partial charge in [0, 0.05) is 24.3 Å². The Kier molecular flexibility index (Phi) is 3.50. The summed E-state index contributed by atoms with van der Waals surface area (Å²) in [7, 11) is 0. The first kappa shape index (κ1) is 14.2. The number of amides is 2. The summed E-state index contributed by atoms with van der Waals surface area (Å²) < 4.78 is 1.21. The molecule has 1 saturated heterocycles. The summed E-state index contributed by atoms with van der Waals surface area (Å²) in [6.45, 7) is 3.57. The normalized spacial score (nSPS) is 15.0. The van der Waals surface area contributed by atoms with Crippen LogP contribution in [0.5, 0.6) is 0 Å². The minimum absolute atomic E-state index is 0.0128. The van der Waals surface area contributed by atoms with Crippen molar-refractivity contribution in [3.8, 4) is 11.1 Å². The molecule has 1 aliphatic rings.